The van der Waals surface area contributed by atoms with Gasteiger partial charge in [-0.3, -0.25) is 9.59 Å². The van der Waals surface area contributed by atoms with E-state index < -0.39 is 23.3 Å². The summed E-state index contributed by atoms with van der Waals surface area (Å²) < 4.78 is 43.2. The molecule has 1 heterocycles. The largest absolute Gasteiger partial charge is 0.423 e. The lowest BCUT2D eigenvalue weighted by atomic mass is 10.1. The van der Waals surface area contributed by atoms with Crippen molar-refractivity contribution >= 4 is 34.2 Å². The van der Waals surface area contributed by atoms with Gasteiger partial charge in [0.1, 0.15) is 5.58 Å². The van der Waals surface area contributed by atoms with Crippen molar-refractivity contribution in [3.63, 3.8) is 0 Å². The first-order valence-electron chi connectivity index (χ1n) is 11.0. The number of amides is 2. The Kier molecular flexibility index (Phi) is 6.91. The first-order valence-corrected chi connectivity index (χ1v) is 11.0. The van der Waals surface area contributed by atoms with Gasteiger partial charge >= 0.3 is 11.8 Å². The third kappa shape index (κ3) is 5.99. The van der Waals surface area contributed by atoms with Gasteiger partial charge in [0.05, 0.1) is 5.56 Å². The zero-order valence-corrected chi connectivity index (χ0v) is 19.1. The van der Waals surface area contributed by atoms with Crippen LogP contribution in [0.1, 0.15) is 33.5 Å². The third-order valence-corrected chi connectivity index (χ3v) is 5.56. The second kappa shape index (κ2) is 10.1. The van der Waals surface area contributed by atoms with Crippen molar-refractivity contribution < 1.29 is 27.2 Å². The van der Waals surface area contributed by atoms with Gasteiger partial charge in [-0.15, -0.1) is 0 Å². The summed E-state index contributed by atoms with van der Waals surface area (Å²) in [7, 11) is 0. The molecule has 0 saturated carbocycles. The van der Waals surface area contributed by atoms with E-state index in [9.17, 15) is 27.6 Å². The van der Waals surface area contributed by atoms with Gasteiger partial charge in [0.25, 0.3) is 5.91 Å². The molecular formula is C27H21F3N2O4. The zero-order chi connectivity index (χ0) is 25.9. The Morgan fingerprint density at radius 1 is 0.861 bits per heavy atom. The van der Waals surface area contributed by atoms with Crippen LogP contribution in [0.25, 0.3) is 11.0 Å². The molecule has 0 aliphatic rings. The quantitative estimate of drug-likeness (QED) is 0.325. The maximum Gasteiger partial charge on any atom is 0.416 e. The smallest absolute Gasteiger partial charge is 0.416 e. The van der Waals surface area contributed by atoms with Gasteiger partial charge in [-0.1, -0.05) is 12.1 Å². The summed E-state index contributed by atoms with van der Waals surface area (Å²) in [5.74, 6) is -0.749. The monoisotopic (exact) mass is 494 g/mol. The fourth-order valence-electron chi connectivity index (χ4n) is 3.65. The SMILES string of the molecule is Cc1cc(=O)oc2cc(NC(=O)CCc3ccc(NC(=O)c4ccc(C(F)(F)F)cc4)cc3)ccc12. The highest BCUT2D eigenvalue weighted by Crippen LogP contribution is 2.29. The van der Waals surface area contributed by atoms with Crippen molar-refractivity contribution in [1.29, 1.82) is 0 Å². The van der Waals surface area contributed by atoms with Crippen molar-refractivity contribution in [3.8, 4) is 0 Å². The normalized spacial score (nSPS) is 11.3. The molecule has 0 atom stereocenters. The lowest BCUT2D eigenvalue weighted by Gasteiger charge is -2.09. The predicted molar refractivity (Wildman–Crippen MR) is 130 cm³/mol. The van der Waals surface area contributed by atoms with Gasteiger partial charge in [-0.2, -0.15) is 13.2 Å². The van der Waals surface area contributed by atoms with E-state index in [0.717, 1.165) is 40.8 Å². The van der Waals surface area contributed by atoms with Gasteiger partial charge in [-0.25, -0.2) is 4.79 Å². The molecule has 0 aliphatic heterocycles. The highest BCUT2D eigenvalue weighted by atomic mass is 19.4. The van der Waals surface area contributed by atoms with Crippen LogP contribution >= 0.6 is 0 Å². The van der Waals surface area contributed by atoms with Crippen LogP contribution in [0.4, 0.5) is 24.5 Å². The molecule has 0 bridgehead atoms. The molecule has 36 heavy (non-hydrogen) atoms. The van der Waals surface area contributed by atoms with Crippen molar-refractivity contribution in [2.75, 3.05) is 10.6 Å². The lowest BCUT2D eigenvalue weighted by molar-refractivity contribution is -0.137. The number of aryl methyl sites for hydroxylation is 2. The summed E-state index contributed by atoms with van der Waals surface area (Å²) >= 11 is 0. The highest BCUT2D eigenvalue weighted by Gasteiger charge is 2.30. The van der Waals surface area contributed by atoms with Crippen LogP contribution in [-0.4, -0.2) is 11.8 Å². The van der Waals surface area contributed by atoms with Crippen LogP contribution in [0.15, 0.2) is 82.0 Å². The molecule has 2 N–H and O–H groups in total. The first-order chi connectivity index (χ1) is 17.1. The summed E-state index contributed by atoms with van der Waals surface area (Å²) in [5, 5.41) is 6.21. The van der Waals surface area contributed by atoms with Crippen LogP contribution in [0.2, 0.25) is 0 Å². The van der Waals surface area contributed by atoms with Crippen molar-refractivity contribution in [2.24, 2.45) is 0 Å². The van der Waals surface area contributed by atoms with E-state index in [0.29, 0.717) is 23.4 Å². The van der Waals surface area contributed by atoms with Gasteiger partial charge in [0.2, 0.25) is 5.91 Å². The number of hydrogen-bond donors (Lipinski definition) is 2. The number of anilines is 2. The van der Waals surface area contributed by atoms with E-state index in [2.05, 4.69) is 10.6 Å². The highest BCUT2D eigenvalue weighted by molar-refractivity contribution is 6.04. The number of carbonyl (C=O) groups is 2. The van der Waals surface area contributed by atoms with Gasteiger partial charge in [-0.05, 0) is 73.0 Å². The molecule has 0 aliphatic carbocycles. The molecule has 9 heteroatoms. The molecule has 0 fully saturated rings. The Bertz CT molecular complexity index is 1470. The van der Waals surface area contributed by atoms with E-state index in [4.69, 9.17) is 4.42 Å². The molecule has 3 aromatic carbocycles. The minimum Gasteiger partial charge on any atom is -0.423 e. The fraction of sp³-hybridized carbons (Fsp3) is 0.148. The van der Waals surface area contributed by atoms with Crippen LogP contribution in [0, 0.1) is 6.92 Å². The second-order valence-corrected chi connectivity index (χ2v) is 8.23. The molecule has 2 amide bonds. The second-order valence-electron chi connectivity index (χ2n) is 8.23. The minimum absolute atomic E-state index is 0.104. The van der Waals surface area contributed by atoms with E-state index >= 15 is 0 Å². The zero-order valence-electron chi connectivity index (χ0n) is 19.1. The van der Waals surface area contributed by atoms with E-state index in [-0.39, 0.29) is 17.9 Å². The molecule has 0 spiro atoms. The summed E-state index contributed by atoms with van der Waals surface area (Å²) in [5.41, 5.74) is 1.86. The van der Waals surface area contributed by atoms with Crippen LogP contribution in [0.5, 0.6) is 0 Å². The number of alkyl halides is 3. The molecule has 0 radical (unpaired) electrons. The van der Waals surface area contributed by atoms with Crippen molar-refractivity contribution in [1.82, 2.24) is 0 Å². The number of rotatable bonds is 6. The number of halogens is 3. The van der Waals surface area contributed by atoms with Crippen LogP contribution < -0.4 is 16.3 Å². The topological polar surface area (TPSA) is 88.4 Å². The Hall–Kier alpha value is -4.40. The molecule has 4 aromatic rings. The third-order valence-electron chi connectivity index (χ3n) is 5.56. The Balaban J connectivity index is 1.31. The van der Waals surface area contributed by atoms with E-state index in [1.54, 1.807) is 42.5 Å². The average Bonchev–Trinajstić information content (AvgIpc) is 2.83. The Labute approximate surface area is 203 Å². The number of carbonyl (C=O) groups excluding carboxylic acids is 2. The Morgan fingerprint density at radius 2 is 1.53 bits per heavy atom. The maximum atomic E-state index is 12.7. The molecule has 1 aromatic heterocycles. The number of hydrogen-bond acceptors (Lipinski definition) is 4. The van der Waals surface area contributed by atoms with E-state index in [1.807, 2.05) is 6.92 Å². The van der Waals surface area contributed by atoms with Gasteiger partial charge in [0, 0.05) is 40.9 Å². The minimum atomic E-state index is -4.46. The molecule has 0 saturated heterocycles. The molecule has 6 nitrogen and oxygen atoms in total. The number of fused-ring (bicyclic) bond motifs is 1. The first kappa shape index (κ1) is 24.7. The summed E-state index contributed by atoms with van der Waals surface area (Å²) in [6, 6.07) is 17.3. The van der Waals surface area contributed by atoms with Gasteiger partial charge in [0.15, 0.2) is 0 Å². The Morgan fingerprint density at radius 3 is 2.19 bits per heavy atom. The van der Waals surface area contributed by atoms with Gasteiger partial charge < -0.3 is 15.1 Å². The van der Waals surface area contributed by atoms with E-state index in [1.165, 1.54) is 6.07 Å². The van der Waals surface area contributed by atoms with Crippen molar-refractivity contribution in [3.05, 3.63) is 105 Å². The standard InChI is InChI=1S/C27H21F3N2O4/c1-16-14-25(34)36-23-15-21(11-12-22(16)23)31-24(33)13-4-17-2-9-20(10-3-17)32-26(35)18-5-7-19(8-6-18)27(28,29)30/h2-3,5-12,14-15H,4,13H2,1H3,(H,31,33)(H,32,35). The molecule has 0 unspecified atom stereocenters. The van der Waals surface area contributed by atoms with Crippen LogP contribution in [0.3, 0.4) is 0 Å². The predicted octanol–water partition coefficient (Wildman–Crippen LogP) is 5.94. The molecular weight excluding hydrogens is 473 g/mol. The molecule has 184 valence electrons. The van der Waals surface area contributed by atoms with Crippen LogP contribution in [-0.2, 0) is 17.4 Å². The summed E-state index contributed by atoms with van der Waals surface area (Å²) in [4.78, 5) is 36.3. The summed E-state index contributed by atoms with van der Waals surface area (Å²) in [6.07, 6.45) is -3.82. The number of benzene rings is 3. The van der Waals surface area contributed by atoms with Crippen molar-refractivity contribution in [2.45, 2.75) is 25.9 Å². The number of nitrogens with one attached hydrogen (secondary N) is 2. The average molecular weight is 494 g/mol. The lowest BCUT2D eigenvalue weighted by Crippen LogP contribution is -2.13. The summed E-state index contributed by atoms with van der Waals surface area (Å²) in [6.45, 7) is 1.81. The fourth-order valence-corrected chi connectivity index (χ4v) is 3.65. The maximum absolute atomic E-state index is 12.7. The molecule has 4 rings (SSSR count).